The van der Waals surface area contributed by atoms with E-state index in [1.807, 2.05) is 13.2 Å². The highest BCUT2D eigenvalue weighted by molar-refractivity contribution is 7.37. The summed E-state index contributed by atoms with van der Waals surface area (Å²) in [5.74, 6) is 0. The van der Waals surface area contributed by atoms with E-state index in [9.17, 15) is 0 Å². The molecule has 1 saturated heterocycles. The first-order valence-electron chi connectivity index (χ1n) is 5.87. The highest BCUT2D eigenvalue weighted by atomic mass is 31.1. The summed E-state index contributed by atoms with van der Waals surface area (Å²) in [6.45, 7) is 8.54. The van der Waals surface area contributed by atoms with E-state index in [-0.39, 0.29) is 18.3 Å². The van der Waals surface area contributed by atoms with Crippen molar-refractivity contribution in [1.29, 1.82) is 0 Å². The monoisotopic (exact) mass is 254 g/mol. The summed E-state index contributed by atoms with van der Waals surface area (Å²) >= 11 is 0. The smallest absolute Gasteiger partial charge is 0.399 e. The molecule has 0 bridgehead atoms. The van der Waals surface area contributed by atoms with Gasteiger partial charge in [-0.15, -0.1) is 8.58 Å². The van der Waals surface area contributed by atoms with Gasteiger partial charge in [-0.2, -0.15) is 5.10 Å². The van der Waals surface area contributed by atoms with Crippen LogP contribution in [0.4, 0.5) is 0 Å². The molecule has 1 aromatic rings. The number of nitrogens with zero attached hydrogens (tertiary/aromatic N) is 2. The largest absolute Gasteiger partial charge is 0.498 e. The number of aromatic nitrogens is 2. The maximum absolute atomic E-state index is 6.14. The zero-order chi connectivity index (χ0) is 12.7. The molecule has 2 rings (SSSR count). The van der Waals surface area contributed by atoms with Crippen molar-refractivity contribution >= 4 is 21.2 Å². The SMILES string of the molecule is CPCC1(C)OB(c2cnn(C)c2)OC1(C)C. The van der Waals surface area contributed by atoms with E-state index in [0.717, 1.165) is 20.2 Å². The summed E-state index contributed by atoms with van der Waals surface area (Å²) in [4.78, 5) is 0. The van der Waals surface area contributed by atoms with Crippen LogP contribution in [0.5, 0.6) is 0 Å². The molecule has 2 heterocycles. The van der Waals surface area contributed by atoms with E-state index in [4.69, 9.17) is 9.31 Å². The molecule has 0 aromatic carbocycles. The van der Waals surface area contributed by atoms with Crippen LogP contribution in [0, 0.1) is 0 Å². The molecule has 1 fully saturated rings. The second-order valence-electron chi connectivity index (χ2n) is 5.29. The van der Waals surface area contributed by atoms with Gasteiger partial charge in [-0.3, -0.25) is 4.68 Å². The molecular formula is C11H20BN2O2P. The van der Waals surface area contributed by atoms with Gasteiger partial charge in [0.2, 0.25) is 0 Å². The van der Waals surface area contributed by atoms with Crippen LogP contribution >= 0.6 is 8.58 Å². The van der Waals surface area contributed by atoms with Gasteiger partial charge in [0.25, 0.3) is 0 Å². The lowest BCUT2D eigenvalue weighted by Gasteiger charge is -2.36. The summed E-state index contributed by atoms with van der Waals surface area (Å²) in [7, 11) is 2.46. The quantitative estimate of drug-likeness (QED) is 0.596. The lowest BCUT2D eigenvalue weighted by molar-refractivity contribution is 0.00922. The van der Waals surface area contributed by atoms with E-state index in [0.29, 0.717) is 0 Å². The minimum Gasteiger partial charge on any atom is -0.399 e. The molecule has 0 aliphatic carbocycles. The van der Waals surface area contributed by atoms with E-state index in [2.05, 4.69) is 32.5 Å². The molecule has 0 radical (unpaired) electrons. The van der Waals surface area contributed by atoms with Crippen LogP contribution in [0.1, 0.15) is 20.8 Å². The van der Waals surface area contributed by atoms with Gasteiger partial charge in [-0.1, -0.05) is 0 Å². The maximum atomic E-state index is 6.14. The molecule has 0 spiro atoms. The van der Waals surface area contributed by atoms with Crippen LogP contribution < -0.4 is 5.46 Å². The van der Waals surface area contributed by atoms with Crippen molar-refractivity contribution in [3.05, 3.63) is 12.4 Å². The molecule has 2 atom stereocenters. The molecule has 1 aliphatic rings. The van der Waals surface area contributed by atoms with E-state index in [1.54, 1.807) is 10.9 Å². The number of rotatable bonds is 3. The van der Waals surface area contributed by atoms with Crippen molar-refractivity contribution in [2.75, 3.05) is 12.8 Å². The van der Waals surface area contributed by atoms with Crippen LogP contribution in [0.3, 0.4) is 0 Å². The second-order valence-corrected chi connectivity index (χ2v) is 6.35. The summed E-state index contributed by atoms with van der Waals surface area (Å²) in [6.07, 6.45) is 4.78. The zero-order valence-electron chi connectivity index (χ0n) is 11.2. The fraction of sp³-hybridized carbons (Fsp3) is 0.727. The molecule has 6 heteroatoms. The molecule has 94 valence electrons. The van der Waals surface area contributed by atoms with Gasteiger partial charge in [0.1, 0.15) is 0 Å². The normalized spacial score (nSPS) is 28.4. The molecular weight excluding hydrogens is 234 g/mol. The predicted molar refractivity (Wildman–Crippen MR) is 72.4 cm³/mol. The minimum absolute atomic E-state index is 0.222. The Bertz CT molecular complexity index is 410. The van der Waals surface area contributed by atoms with Crippen molar-refractivity contribution < 1.29 is 9.31 Å². The Labute approximate surface area is 105 Å². The summed E-state index contributed by atoms with van der Waals surface area (Å²) in [5, 5.41) is 4.16. The Kier molecular flexibility index (Phi) is 3.37. The first kappa shape index (κ1) is 13.1. The Morgan fingerprint density at radius 1 is 1.41 bits per heavy atom. The predicted octanol–water partition coefficient (Wildman–Crippen LogP) is 1.01. The van der Waals surface area contributed by atoms with E-state index >= 15 is 0 Å². The minimum atomic E-state index is -0.292. The highest BCUT2D eigenvalue weighted by Gasteiger charge is 2.54. The zero-order valence-corrected chi connectivity index (χ0v) is 12.2. The molecule has 1 aromatic heterocycles. The van der Waals surface area contributed by atoms with Gasteiger partial charge in [-0.25, -0.2) is 0 Å². The van der Waals surface area contributed by atoms with Crippen molar-refractivity contribution in [3.63, 3.8) is 0 Å². The molecule has 0 saturated carbocycles. The third kappa shape index (κ3) is 2.29. The molecule has 0 N–H and O–H groups in total. The average Bonchev–Trinajstić information content (AvgIpc) is 2.71. The summed E-state index contributed by atoms with van der Waals surface area (Å²) < 4.78 is 14.0. The Morgan fingerprint density at radius 3 is 2.65 bits per heavy atom. The average molecular weight is 254 g/mol. The van der Waals surface area contributed by atoms with Crippen LogP contribution in [0.25, 0.3) is 0 Å². The maximum Gasteiger partial charge on any atom is 0.498 e. The van der Waals surface area contributed by atoms with Gasteiger partial charge in [-0.05, 0) is 33.6 Å². The second kappa shape index (κ2) is 4.38. The fourth-order valence-electron chi connectivity index (χ4n) is 2.08. The van der Waals surface area contributed by atoms with E-state index in [1.165, 1.54) is 0 Å². The van der Waals surface area contributed by atoms with Crippen LogP contribution in [-0.2, 0) is 16.4 Å². The van der Waals surface area contributed by atoms with Crippen molar-refractivity contribution in [1.82, 2.24) is 9.78 Å². The number of hydrogen-bond acceptors (Lipinski definition) is 3. The van der Waals surface area contributed by atoms with Crippen LogP contribution in [0.2, 0.25) is 0 Å². The van der Waals surface area contributed by atoms with Crippen LogP contribution in [0.15, 0.2) is 12.4 Å². The number of hydrogen-bond donors (Lipinski definition) is 0. The third-order valence-corrected chi connectivity index (χ3v) is 4.58. The van der Waals surface area contributed by atoms with Crippen molar-refractivity contribution in [2.24, 2.45) is 7.05 Å². The van der Waals surface area contributed by atoms with Gasteiger partial charge < -0.3 is 9.31 Å². The van der Waals surface area contributed by atoms with Gasteiger partial charge >= 0.3 is 7.12 Å². The van der Waals surface area contributed by atoms with Gasteiger partial charge in [0.15, 0.2) is 0 Å². The van der Waals surface area contributed by atoms with Gasteiger partial charge in [0.05, 0.1) is 11.2 Å². The van der Waals surface area contributed by atoms with Gasteiger partial charge in [0, 0.05) is 24.9 Å². The third-order valence-electron chi connectivity index (χ3n) is 3.55. The first-order valence-corrected chi connectivity index (χ1v) is 7.57. The summed E-state index contributed by atoms with van der Waals surface area (Å²) in [6, 6.07) is 0. The lowest BCUT2D eigenvalue weighted by atomic mass is 9.82. The van der Waals surface area contributed by atoms with E-state index < -0.39 is 0 Å². The van der Waals surface area contributed by atoms with Crippen LogP contribution in [-0.4, -0.2) is 40.9 Å². The molecule has 17 heavy (non-hydrogen) atoms. The highest BCUT2D eigenvalue weighted by Crippen LogP contribution is 2.39. The molecule has 4 nitrogen and oxygen atoms in total. The molecule has 2 unspecified atom stereocenters. The Morgan fingerprint density at radius 2 is 2.12 bits per heavy atom. The fourth-order valence-corrected chi connectivity index (χ4v) is 3.27. The Balaban J connectivity index is 2.21. The van der Waals surface area contributed by atoms with Crippen molar-refractivity contribution in [2.45, 2.75) is 32.0 Å². The molecule has 0 amide bonds. The lowest BCUT2D eigenvalue weighted by Crippen LogP contribution is -2.46. The standard InChI is InChI=1S/C11H20BN2O2P/c1-10(2)11(3,8-17-5)16-12(15-10)9-6-13-14(4)7-9/h6-7,17H,8H2,1-5H3. The van der Waals surface area contributed by atoms with Crippen molar-refractivity contribution in [3.8, 4) is 0 Å². The first-order chi connectivity index (χ1) is 7.88. The summed E-state index contributed by atoms with van der Waals surface area (Å²) in [5.41, 5.74) is 0.501. The molecule has 1 aliphatic heterocycles. The number of aryl methyl sites for hydroxylation is 1. The Hall–Kier alpha value is -0.375. The topological polar surface area (TPSA) is 36.3 Å².